The fourth-order valence-corrected chi connectivity index (χ4v) is 6.52. The standard InChI is InChI=1S/C20H30O3/c1-18(2)11-7-14(18)13(15(21)8-11)5-6-20(23)16-9-12(10-17(20)22)19(16,3)4/h11-14,16,23H,5-10H2,1-4H3/t11-,12+,13?,14+,16+,20-/m0/s1. The van der Waals surface area contributed by atoms with Gasteiger partial charge in [-0.25, -0.2) is 0 Å². The summed E-state index contributed by atoms with van der Waals surface area (Å²) in [7, 11) is 0. The Labute approximate surface area is 139 Å². The lowest BCUT2D eigenvalue weighted by Gasteiger charge is -2.63. The van der Waals surface area contributed by atoms with Crippen molar-refractivity contribution in [3.63, 3.8) is 0 Å². The first-order chi connectivity index (χ1) is 10.6. The Hall–Kier alpha value is -0.700. The SMILES string of the molecule is CC1(C)[C@@H]2CC(=O)C(CC[C@@]3(O)C(=O)C[C@H]4C[C@@H]3C4(C)C)[C@H]1C2. The fourth-order valence-electron chi connectivity index (χ4n) is 6.52. The second-order valence-electron chi connectivity index (χ2n) is 10.0. The minimum atomic E-state index is -1.18. The van der Waals surface area contributed by atoms with Gasteiger partial charge in [-0.05, 0) is 54.3 Å². The molecule has 0 heterocycles. The molecule has 6 rings (SSSR count). The smallest absolute Gasteiger partial charge is 0.164 e. The Balaban J connectivity index is 1.50. The molecule has 4 bridgehead atoms. The molecule has 1 N–H and O–H groups in total. The molecule has 6 fully saturated rings. The molecule has 0 spiro atoms. The molecule has 6 saturated carbocycles. The zero-order chi connectivity index (χ0) is 16.8. The van der Waals surface area contributed by atoms with Crippen molar-refractivity contribution in [2.45, 2.75) is 71.8 Å². The van der Waals surface area contributed by atoms with Gasteiger partial charge in [0.2, 0.25) is 0 Å². The van der Waals surface area contributed by atoms with Gasteiger partial charge in [0.05, 0.1) is 0 Å². The normalized spacial score (nSPS) is 49.3. The first-order valence-corrected chi connectivity index (χ1v) is 9.37. The zero-order valence-electron chi connectivity index (χ0n) is 14.9. The van der Waals surface area contributed by atoms with Gasteiger partial charge >= 0.3 is 0 Å². The van der Waals surface area contributed by atoms with E-state index in [0.29, 0.717) is 49.2 Å². The van der Waals surface area contributed by atoms with Gasteiger partial charge in [0, 0.05) is 24.7 Å². The number of Topliss-reactive ketones (excluding diaryl/α,β-unsaturated/α-hetero) is 2. The summed E-state index contributed by atoms with van der Waals surface area (Å²) in [5, 5.41) is 11.2. The van der Waals surface area contributed by atoms with Gasteiger partial charge in [-0.3, -0.25) is 9.59 Å². The van der Waals surface area contributed by atoms with Crippen LogP contribution in [0.1, 0.15) is 66.2 Å². The van der Waals surface area contributed by atoms with Crippen LogP contribution in [0.3, 0.4) is 0 Å². The van der Waals surface area contributed by atoms with Crippen molar-refractivity contribution in [1.29, 1.82) is 0 Å². The molecule has 3 nitrogen and oxygen atoms in total. The molecule has 1 unspecified atom stereocenters. The number of ketones is 2. The highest BCUT2D eigenvalue weighted by Gasteiger charge is 2.65. The average molecular weight is 318 g/mol. The van der Waals surface area contributed by atoms with Crippen molar-refractivity contribution in [2.75, 3.05) is 0 Å². The second kappa shape index (κ2) is 4.47. The van der Waals surface area contributed by atoms with Gasteiger partial charge in [-0.1, -0.05) is 27.7 Å². The molecule has 23 heavy (non-hydrogen) atoms. The van der Waals surface area contributed by atoms with E-state index >= 15 is 0 Å². The highest BCUT2D eigenvalue weighted by molar-refractivity contribution is 5.90. The molecule has 0 aromatic rings. The molecule has 0 radical (unpaired) electrons. The van der Waals surface area contributed by atoms with Crippen LogP contribution in [0, 0.1) is 40.4 Å². The summed E-state index contributed by atoms with van der Waals surface area (Å²) in [6, 6.07) is 0. The number of hydrogen-bond donors (Lipinski definition) is 1. The first-order valence-electron chi connectivity index (χ1n) is 9.37. The van der Waals surface area contributed by atoms with Crippen LogP contribution in [0.15, 0.2) is 0 Å². The fraction of sp³-hybridized carbons (Fsp3) is 0.900. The van der Waals surface area contributed by atoms with Crippen LogP contribution < -0.4 is 0 Å². The van der Waals surface area contributed by atoms with Crippen LogP contribution in [0.5, 0.6) is 0 Å². The Bertz CT molecular complexity index is 575. The van der Waals surface area contributed by atoms with Gasteiger partial charge in [-0.2, -0.15) is 0 Å². The Kier molecular flexibility index (Phi) is 3.07. The maximum atomic E-state index is 12.5. The van der Waals surface area contributed by atoms with Crippen LogP contribution in [-0.4, -0.2) is 22.3 Å². The number of hydrogen-bond acceptors (Lipinski definition) is 3. The Morgan fingerprint density at radius 1 is 1.00 bits per heavy atom. The molecule has 3 heteroatoms. The van der Waals surface area contributed by atoms with Gasteiger partial charge < -0.3 is 5.11 Å². The Morgan fingerprint density at radius 3 is 2.26 bits per heavy atom. The lowest BCUT2D eigenvalue weighted by atomic mass is 9.42. The second-order valence-corrected chi connectivity index (χ2v) is 10.0. The number of aliphatic hydroxyl groups is 1. The van der Waals surface area contributed by atoms with Crippen LogP contribution in [0.2, 0.25) is 0 Å². The summed E-state index contributed by atoms with van der Waals surface area (Å²) in [5.74, 6) is 2.02. The lowest BCUT2D eigenvalue weighted by molar-refractivity contribution is -0.205. The summed E-state index contributed by atoms with van der Waals surface area (Å²) in [6.07, 6.45) is 4.55. The molecule has 128 valence electrons. The molecule has 0 aliphatic heterocycles. The lowest BCUT2D eigenvalue weighted by Crippen LogP contribution is -2.66. The Morgan fingerprint density at radius 2 is 1.65 bits per heavy atom. The van der Waals surface area contributed by atoms with Crippen LogP contribution >= 0.6 is 0 Å². The largest absolute Gasteiger partial charge is 0.382 e. The molecular formula is C20H30O3. The molecule has 0 aromatic carbocycles. The quantitative estimate of drug-likeness (QED) is 0.868. The third-order valence-electron chi connectivity index (χ3n) is 8.69. The van der Waals surface area contributed by atoms with Crippen molar-refractivity contribution >= 4 is 11.6 Å². The third kappa shape index (κ3) is 1.86. The molecule has 0 saturated heterocycles. The monoisotopic (exact) mass is 318 g/mol. The van der Waals surface area contributed by atoms with E-state index in [9.17, 15) is 14.7 Å². The van der Waals surface area contributed by atoms with Gasteiger partial charge in [-0.15, -0.1) is 0 Å². The van der Waals surface area contributed by atoms with E-state index in [2.05, 4.69) is 27.7 Å². The average Bonchev–Trinajstić information content (AvgIpc) is 2.47. The molecule has 0 amide bonds. The molecule has 6 aliphatic carbocycles. The summed E-state index contributed by atoms with van der Waals surface area (Å²) < 4.78 is 0. The zero-order valence-corrected chi connectivity index (χ0v) is 14.9. The van der Waals surface area contributed by atoms with Crippen molar-refractivity contribution < 1.29 is 14.7 Å². The summed E-state index contributed by atoms with van der Waals surface area (Å²) in [4.78, 5) is 24.9. The molecule has 6 aliphatic rings. The predicted molar refractivity (Wildman–Crippen MR) is 87.7 cm³/mol. The van der Waals surface area contributed by atoms with Crippen LogP contribution in [0.4, 0.5) is 0 Å². The number of rotatable bonds is 3. The van der Waals surface area contributed by atoms with E-state index in [4.69, 9.17) is 0 Å². The number of carbonyl (C=O) groups excluding carboxylic acids is 2. The van der Waals surface area contributed by atoms with E-state index in [1.54, 1.807) is 0 Å². The summed E-state index contributed by atoms with van der Waals surface area (Å²) in [5.41, 5.74) is -0.845. The van der Waals surface area contributed by atoms with Gasteiger partial charge in [0.25, 0.3) is 0 Å². The maximum absolute atomic E-state index is 12.5. The predicted octanol–water partition coefficient (Wildman–Crippen LogP) is 3.38. The van der Waals surface area contributed by atoms with Crippen molar-refractivity contribution in [3.8, 4) is 0 Å². The highest BCUT2D eigenvalue weighted by Crippen LogP contribution is 2.64. The minimum Gasteiger partial charge on any atom is -0.382 e. The summed E-state index contributed by atoms with van der Waals surface area (Å²) in [6.45, 7) is 8.94. The number of carbonyl (C=O) groups is 2. The molecular weight excluding hydrogens is 288 g/mol. The van der Waals surface area contributed by atoms with Crippen LogP contribution in [-0.2, 0) is 9.59 Å². The minimum absolute atomic E-state index is 0.0343. The maximum Gasteiger partial charge on any atom is 0.164 e. The van der Waals surface area contributed by atoms with Crippen molar-refractivity contribution in [1.82, 2.24) is 0 Å². The molecule has 0 aromatic heterocycles. The first kappa shape index (κ1) is 15.8. The highest BCUT2D eigenvalue weighted by atomic mass is 16.3. The van der Waals surface area contributed by atoms with Gasteiger partial charge in [0.15, 0.2) is 5.78 Å². The number of fused-ring (bicyclic) bond motifs is 4. The van der Waals surface area contributed by atoms with Gasteiger partial charge in [0.1, 0.15) is 11.4 Å². The van der Waals surface area contributed by atoms with E-state index in [1.807, 2.05) is 0 Å². The summed E-state index contributed by atoms with van der Waals surface area (Å²) >= 11 is 0. The van der Waals surface area contributed by atoms with E-state index < -0.39 is 5.60 Å². The van der Waals surface area contributed by atoms with Crippen molar-refractivity contribution in [2.24, 2.45) is 40.4 Å². The van der Waals surface area contributed by atoms with E-state index in [-0.39, 0.29) is 28.4 Å². The van der Waals surface area contributed by atoms with E-state index in [0.717, 1.165) is 12.8 Å². The van der Waals surface area contributed by atoms with Crippen LogP contribution in [0.25, 0.3) is 0 Å². The third-order valence-corrected chi connectivity index (χ3v) is 8.69. The molecule has 6 atom stereocenters. The topological polar surface area (TPSA) is 54.4 Å². The van der Waals surface area contributed by atoms with E-state index in [1.165, 1.54) is 0 Å². The van der Waals surface area contributed by atoms with Crippen molar-refractivity contribution in [3.05, 3.63) is 0 Å².